The van der Waals surface area contributed by atoms with Crippen LogP contribution in [0.2, 0.25) is 5.02 Å². The molecule has 0 saturated carbocycles. The first-order valence-corrected chi connectivity index (χ1v) is 7.33. The molecule has 0 spiro atoms. The molecular weight excluding hydrogens is 365 g/mol. The van der Waals surface area contributed by atoms with E-state index in [1.807, 2.05) is 0 Å². The number of rotatable bonds is 5. The second-order valence-electron chi connectivity index (χ2n) is 5.13. The number of aromatic nitrogens is 1. The van der Waals surface area contributed by atoms with Crippen molar-refractivity contribution in [3.05, 3.63) is 35.1 Å². The van der Waals surface area contributed by atoms with Crippen LogP contribution in [0.25, 0.3) is 0 Å². The molecule has 11 heteroatoms. The van der Waals surface area contributed by atoms with Crippen molar-refractivity contribution in [2.45, 2.75) is 25.4 Å². The molecule has 7 nitrogen and oxygen atoms in total. The number of nitrogens with two attached hydrogens (primary N) is 1. The van der Waals surface area contributed by atoms with Crippen LogP contribution in [0, 0.1) is 0 Å². The Kier molecular flexibility index (Phi) is 5.53. The van der Waals surface area contributed by atoms with Gasteiger partial charge in [0.25, 0.3) is 0 Å². The van der Waals surface area contributed by atoms with E-state index in [4.69, 9.17) is 22.4 Å². The highest BCUT2D eigenvalue weighted by atomic mass is 35.5. The van der Waals surface area contributed by atoms with E-state index >= 15 is 0 Å². The Morgan fingerprint density at radius 3 is 2.76 bits per heavy atom. The maximum absolute atomic E-state index is 12.2. The fourth-order valence-corrected chi connectivity index (χ4v) is 2.31. The number of ether oxygens (including phenoxy) is 1. The predicted molar refractivity (Wildman–Crippen MR) is 83.2 cm³/mol. The zero-order chi connectivity index (χ0) is 18.8. The molecule has 3 N–H and O–H groups in total. The van der Waals surface area contributed by atoms with Gasteiger partial charge in [0.1, 0.15) is 10.7 Å². The molecule has 0 radical (unpaired) electrons. The zero-order valence-electron chi connectivity index (χ0n) is 12.9. The van der Waals surface area contributed by atoms with E-state index in [9.17, 15) is 18.0 Å². The first-order valence-electron chi connectivity index (χ1n) is 6.96. The van der Waals surface area contributed by atoms with Crippen LogP contribution in [-0.2, 0) is 4.79 Å². The third-order valence-electron chi connectivity index (χ3n) is 3.33. The molecule has 0 aromatic carbocycles. The first kappa shape index (κ1) is 19.0. The van der Waals surface area contributed by atoms with Gasteiger partial charge in [0.15, 0.2) is 12.9 Å². The minimum absolute atomic E-state index is 0.0853. The molecule has 0 fully saturated rings. The lowest BCUT2D eigenvalue weighted by molar-refractivity contribution is -0.154. The van der Waals surface area contributed by atoms with Crippen molar-refractivity contribution in [3.8, 4) is 5.88 Å². The van der Waals surface area contributed by atoms with Gasteiger partial charge in [-0.3, -0.25) is 5.73 Å². The van der Waals surface area contributed by atoms with Gasteiger partial charge in [-0.05, 0) is 24.6 Å². The highest BCUT2D eigenvalue weighted by Gasteiger charge is 2.29. The van der Waals surface area contributed by atoms with Gasteiger partial charge in [-0.15, -0.1) is 0 Å². The van der Waals surface area contributed by atoms with E-state index in [1.165, 1.54) is 24.5 Å². The van der Waals surface area contributed by atoms with E-state index in [-0.39, 0.29) is 16.6 Å². The van der Waals surface area contributed by atoms with Crippen LogP contribution in [0.5, 0.6) is 5.88 Å². The summed E-state index contributed by atoms with van der Waals surface area (Å²) < 4.78 is 41.1. The second kappa shape index (κ2) is 7.28. The fourth-order valence-electron chi connectivity index (χ4n) is 2.08. The topological polar surface area (TPSA) is 101 Å². The van der Waals surface area contributed by atoms with Gasteiger partial charge < -0.3 is 14.7 Å². The number of pyridine rings is 1. The van der Waals surface area contributed by atoms with Crippen molar-refractivity contribution >= 4 is 23.3 Å². The second-order valence-corrected chi connectivity index (χ2v) is 5.54. The Bertz CT molecular complexity index is 724. The number of aliphatic carboxylic acids is 1. The van der Waals surface area contributed by atoms with Crippen LogP contribution < -0.4 is 10.5 Å². The number of alkyl halides is 3. The summed E-state index contributed by atoms with van der Waals surface area (Å²) in [6, 6.07) is 0.995. The number of carboxylic acids is 1. The molecule has 25 heavy (non-hydrogen) atoms. The van der Waals surface area contributed by atoms with E-state index in [2.05, 4.69) is 14.7 Å². The van der Waals surface area contributed by atoms with Crippen molar-refractivity contribution in [2.24, 2.45) is 10.7 Å². The zero-order valence-corrected chi connectivity index (χ0v) is 13.6. The maximum atomic E-state index is 12.2. The van der Waals surface area contributed by atoms with Gasteiger partial charge in [-0.1, -0.05) is 11.6 Å². The number of hydrogen-bond donors (Lipinski definition) is 2. The number of nitrogens with zero attached hydrogens (tertiary/aromatic N) is 3. The van der Waals surface area contributed by atoms with Gasteiger partial charge in [0, 0.05) is 12.4 Å². The number of carboxylic acid groups (broad SMARTS) is 1. The number of aliphatic imine (C=N–C) groups is 1. The van der Waals surface area contributed by atoms with E-state index < -0.39 is 31.1 Å². The molecular formula is C14H14ClF3N4O3. The third kappa shape index (κ3) is 4.83. The molecule has 1 aliphatic heterocycles. The summed E-state index contributed by atoms with van der Waals surface area (Å²) in [5.74, 6) is -1.53. The molecule has 1 aromatic rings. The Morgan fingerprint density at radius 2 is 2.24 bits per heavy atom. The quantitative estimate of drug-likeness (QED) is 0.815. The predicted octanol–water partition coefficient (Wildman–Crippen LogP) is 2.33. The summed E-state index contributed by atoms with van der Waals surface area (Å²) in [4.78, 5) is 20.1. The van der Waals surface area contributed by atoms with Crippen LogP contribution in [0.3, 0.4) is 0 Å². The lowest BCUT2D eigenvalue weighted by atomic mass is 10.1. The molecule has 2 unspecified atom stereocenters. The van der Waals surface area contributed by atoms with Gasteiger partial charge in [-0.2, -0.15) is 13.2 Å². The van der Waals surface area contributed by atoms with E-state index in [1.54, 1.807) is 11.8 Å². The van der Waals surface area contributed by atoms with Crippen molar-refractivity contribution in [1.29, 1.82) is 0 Å². The summed E-state index contributed by atoms with van der Waals surface area (Å²) in [6.45, 7) is 0.232. The monoisotopic (exact) mass is 378 g/mol. The van der Waals surface area contributed by atoms with Crippen LogP contribution in [0.15, 0.2) is 29.5 Å². The Labute approximate surface area is 145 Å². The van der Waals surface area contributed by atoms with Crippen molar-refractivity contribution < 1.29 is 27.8 Å². The normalized spacial score (nSPS) is 18.7. The Morgan fingerprint density at radius 1 is 1.56 bits per heavy atom. The standard InChI is InChI=1S/C14H14ClF3N4O3/c1-7(22-3-2-10(12(23)24)21-13(22)19)8-4-9(15)11(20-5-8)25-6-14(16,17)18/h2-5,7,13H,6,19H2,1H3,(H,23,24). The van der Waals surface area contributed by atoms with Gasteiger partial charge >= 0.3 is 12.1 Å². The lowest BCUT2D eigenvalue weighted by Gasteiger charge is -2.33. The molecule has 2 atom stereocenters. The Hall–Kier alpha value is -2.33. The molecule has 2 rings (SSSR count). The lowest BCUT2D eigenvalue weighted by Crippen LogP contribution is -2.42. The molecule has 1 aliphatic rings. The smallest absolute Gasteiger partial charge is 0.422 e. The maximum Gasteiger partial charge on any atom is 0.422 e. The highest BCUT2D eigenvalue weighted by Crippen LogP contribution is 2.30. The molecule has 2 heterocycles. The van der Waals surface area contributed by atoms with Crippen LogP contribution in [0.1, 0.15) is 18.5 Å². The summed E-state index contributed by atoms with van der Waals surface area (Å²) in [7, 11) is 0. The highest BCUT2D eigenvalue weighted by molar-refractivity contribution is 6.40. The first-order chi connectivity index (χ1) is 11.6. The number of hydrogen-bond acceptors (Lipinski definition) is 6. The third-order valence-corrected chi connectivity index (χ3v) is 3.60. The van der Waals surface area contributed by atoms with Crippen molar-refractivity contribution in [1.82, 2.24) is 9.88 Å². The van der Waals surface area contributed by atoms with Gasteiger partial charge in [-0.25, -0.2) is 14.8 Å². The summed E-state index contributed by atoms with van der Waals surface area (Å²) in [5.41, 5.74) is 6.19. The Balaban J connectivity index is 2.13. The van der Waals surface area contributed by atoms with Crippen LogP contribution >= 0.6 is 11.6 Å². The molecule has 0 saturated heterocycles. The van der Waals surface area contributed by atoms with E-state index in [0.717, 1.165) is 0 Å². The number of halogens is 4. The van der Waals surface area contributed by atoms with Gasteiger partial charge in [0.2, 0.25) is 5.88 Å². The summed E-state index contributed by atoms with van der Waals surface area (Å²) in [5, 5.41) is 8.81. The van der Waals surface area contributed by atoms with Crippen LogP contribution in [0.4, 0.5) is 13.2 Å². The summed E-state index contributed by atoms with van der Waals surface area (Å²) in [6.07, 6.45) is -1.38. The SMILES string of the molecule is CC(c1cnc(OCC(F)(F)F)c(Cl)c1)N1C=CC(C(=O)O)=NC1N. The molecule has 0 bridgehead atoms. The molecule has 0 amide bonds. The summed E-state index contributed by atoms with van der Waals surface area (Å²) >= 11 is 5.91. The number of carbonyl (C=O) groups is 1. The van der Waals surface area contributed by atoms with Crippen LogP contribution in [-0.4, -0.2) is 45.7 Å². The largest absolute Gasteiger partial charge is 0.477 e. The molecule has 136 valence electrons. The fraction of sp³-hybridized carbons (Fsp3) is 0.357. The minimum Gasteiger partial charge on any atom is -0.477 e. The van der Waals surface area contributed by atoms with Gasteiger partial charge in [0.05, 0.1) is 6.04 Å². The molecule has 0 aliphatic carbocycles. The molecule has 1 aromatic heterocycles. The van der Waals surface area contributed by atoms with E-state index in [0.29, 0.717) is 5.56 Å². The average Bonchev–Trinajstić information content (AvgIpc) is 2.52. The van der Waals surface area contributed by atoms with Crippen molar-refractivity contribution in [3.63, 3.8) is 0 Å². The average molecular weight is 379 g/mol. The van der Waals surface area contributed by atoms with Crippen molar-refractivity contribution in [2.75, 3.05) is 6.61 Å². The minimum atomic E-state index is -4.50.